The third-order valence-corrected chi connectivity index (χ3v) is 20.7. The Morgan fingerprint density at radius 3 is 1.20 bits per heavy atom. The largest absolute Gasteiger partial charge is 0.490 e. The molecule has 2 aromatic carbocycles. The first kappa shape index (κ1) is 84.2. The van der Waals surface area contributed by atoms with Crippen LogP contribution in [0.3, 0.4) is 0 Å². The second kappa shape index (κ2) is 35.4. The number of nitrogens with one attached hydrogen (secondary N) is 2. The molecule has 2 aliphatic heterocycles. The SMILES string of the molecule is C.CC(C)[SiH](C(C)C)C(C)C.CCOC(=O)CN1C(=O)C(CC(=O)NC)SC1=Nc1cc(-n2c(=O)cc(C(F)(F)F)n(C)c2=O)c(F)cc1Cl.CCOC(=O)CN1C(=O)C(CC(=O)NO)SC1=Nc1cc(-n2c(=O)cc(C(F)(F)F)n(C)c2=O)c(F)cc1Cl.O=C(O)C(F)(F)F. The van der Waals surface area contributed by atoms with Gasteiger partial charge in [0.05, 0.1) is 46.0 Å². The molecule has 0 saturated carbocycles. The summed E-state index contributed by atoms with van der Waals surface area (Å²) in [6, 6.07) is 3.20. The van der Waals surface area contributed by atoms with Crippen LogP contribution in [0.4, 0.5) is 59.7 Å². The van der Waals surface area contributed by atoms with Gasteiger partial charge in [0.2, 0.25) is 23.6 Å². The van der Waals surface area contributed by atoms with Gasteiger partial charge in [-0.3, -0.25) is 62.5 Å². The highest BCUT2D eigenvalue weighted by molar-refractivity contribution is 8.15. The van der Waals surface area contributed by atoms with Gasteiger partial charge in [0, 0.05) is 54.9 Å². The zero-order chi connectivity index (χ0) is 72.8. The molecule has 4 N–H and O–H groups in total. The van der Waals surface area contributed by atoms with Crippen LogP contribution >= 0.6 is 46.7 Å². The number of halogens is 13. The average molecular weight is 1480 g/mol. The van der Waals surface area contributed by atoms with E-state index in [0.717, 1.165) is 64.4 Å². The fourth-order valence-corrected chi connectivity index (χ4v) is 16.5. The van der Waals surface area contributed by atoms with E-state index in [-0.39, 0.29) is 89.2 Å². The van der Waals surface area contributed by atoms with Crippen molar-refractivity contribution < 1.29 is 102 Å². The van der Waals surface area contributed by atoms with Gasteiger partial charge in [-0.05, 0) is 38.1 Å². The van der Waals surface area contributed by atoms with E-state index in [2.05, 4.69) is 56.8 Å². The van der Waals surface area contributed by atoms with E-state index in [1.54, 1.807) is 6.92 Å². The summed E-state index contributed by atoms with van der Waals surface area (Å²) in [5.74, 6) is -9.66. The van der Waals surface area contributed by atoms with Gasteiger partial charge in [-0.2, -0.15) is 39.5 Å². The van der Waals surface area contributed by atoms with Crippen molar-refractivity contribution in [1.29, 1.82) is 0 Å². The van der Waals surface area contributed by atoms with Crippen molar-refractivity contribution in [2.45, 2.75) is 121 Å². The zero-order valence-electron chi connectivity index (χ0n) is 51.7. The number of aliphatic carboxylic acids is 1. The molecule has 2 aromatic heterocycles. The molecular formula is C55H65Cl2F11N10O15S2Si. The minimum absolute atomic E-state index is 0. The lowest BCUT2D eigenvalue weighted by molar-refractivity contribution is -0.192. The first-order chi connectivity index (χ1) is 43.8. The Morgan fingerprint density at radius 1 is 0.615 bits per heavy atom. The predicted molar refractivity (Wildman–Crippen MR) is 334 cm³/mol. The van der Waals surface area contributed by atoms with Gasteiger partial charge < -0.3 is 19.9 Å². The standard InChI is InChI=1S/C22H20ClF4N5O6S.C21H18ClF4N5O7S.C9H22Si.C2HF3O2.CH4/c1-4-38-18(35)9-31-19(36)14(7-16(33)28-2)39-20(31)29-12-6-13(11(24)5-10(12)23)32-17(34)8-15(22(25,26)27)30(3)21(32)37;1-3-38-17(34)8-30-18(35)13(6-15(32)28-37)39-19(30)27-11-5-12(10(23)4-9(11)22)31-16(33)7-14(21(24,25)26)29(2)20(31)36;1-7(2)10(8(3)4)9(5)6;3-2(4,5)1(6)7;/h5-6,8,14H,4,7,9H2,1-3H3,(H,28,33);4-5,7,13,37H,3,6,8H2,1-2H3,(H,28,32);7-10H,1-6H3;(H,6,7);1H4. The summed E-state index contributed by atoms with van der Waals surface area (Å²) in [4.78, 5) is 143. The molecule has 96 heavy (non-hydrogen) atoms. The van der Waals surface area contributed by atoms with E-state index in [9.17, 15) is 96.2 Å². The summed E-state index contributed by atoms with van der Waals surface area (Å²) >= 11 is 13.7. The lowest BCUT2D eigenvalue weighted by Crippen LogP contribution is -2.41. The van der Waals surface area contributed by atoms with Crippen LogP contribution in [0.15, 0.2) is 65.6 Å². The molecule has 0 aliphatic carbocycles. The molecule has 41 heteroatoms. The van der Waals surface area contributed by atoms with Crippen molar-refractivity contribution >= 4 is 119 Å². The third-order valence-electron chi connectivity index (χ3n) is 13.1. The molecule has 2 unspecified atom stereocenters. The lowest BCUT2D eigenvalue weighted by Gasteiger charge is -2.26. The number of amidine groups is 2. The van der Waals surface area contributed by atoms with Gasteiger partial charge in [0.25, 0.3) is 11.1 Å². The molecule has 25 nitrogen and oxygen atoms in total. The molecular weight excluding hydrogens is 1410 g/mol. The third kappa shape index (κ3) is 22.1. The summed E-state index contributed by atoms with van der Waals surface area (Å²) in [5.41, 5.74) is -6.95. The number of hydrogen-bond donors (Lipinski definition) is 4. The Kier molecular flexibility index (Phi) is 31.0. The van der Waals surface area contributed by atoms with Crippen molar-refractivity contribution in [3.63, 3.8) is 0 Å². The fraction of sp³-hybridized carbons (Fsp3) is 0.473. The monoisotopic (exact) mass is 1480 g/mol. The second-order valence-corrected chi connectivity index (χ2v) is 29.1. The number of carboxylic acids is 1. The molecule has 2 atom stereocenters. The normalized spacial score (nSPS) is 15.6. The van der Waals surface area contributed by atoms with Crippen LogP contribution in [-0.2, 0) is 69.5 Å². The lowest BCUT2D eigenvalue weighted by atomic mass is 10.2. The average Bonchev–Trinajstić information content (AvgIpc) is 1.01. The van der Waals surface area contributed by atoms with Crippen LogP contribution in [0, 0.1) is 11.6 Å². The van der Waals surface area contributed by atoms with Crippen molar-refractivity contribution in [2.75, 3.05) is 33.4 Å². The van der Waals surface area contributed by atoms with E-state index in [1.165, 1.54) is 19.5 Å². The maximum Gasteiger partial charge on any atom is 0.490 e. The Hall–Kier alpha value is -7.88. The van der Waals surface area contributed by atoms with Gasteiger partial charge in [-0.25, -0.2) is 47.8 Å². The Morgan fingerprint density at radius 2 is 0.938 bits per heavy atom. The Balaban J connectivity index is 0.000000521. The molecule has 0 spiro atoms. The number of hydroxylamine groups is 1. The second-order valence-electron chi connectivity index (χ2n) is 20.8. The van der Waals surface area contributed by atoms with Crippen LogP contribution in [0.2, 0.25) is 26.7 Å². The number of benzene rings is 2. The molecule has 0 radical (unpaired) electrons. The highest BCUT2D eigenvalue weighted by Gasteiger charge is 2.43. The first-order valence-electron chi connectivity index (χ1n) is 27.5. The van der Waals surface area contributed by atoms with Crippen LogP contribution in [0.5, 0.6) is 0 Å². The van der Waals surface area contributed by atoms with Crippen molar-refractivity contribution in [2.24, 2.45) is 24.1 Å². The van der Waals surface area contributed by atoms with E-state index in [0.29, 0.717) is 23.9 Å². The van der Waals surface area contributed by atoms with Gasteiger partial charge in [-0.15, -0.1) is 0 Å². The van der Waals surface area contributed by atoms with E-state index >= 15 is 0 Å². The Bertz CT molecular complexity index is 3640. The highest BCUT2D eigenvalue weighted by Crippen LogP contribution is 2.38. The molecule has 2 saturated heterocycles. The van der Waals surface area contributed by atoms with Gasteiger partial charge in [-0.1, -0.05) is 112 Å². The van der Waals surface area contributed by atoms with Gasteiger partial charge in [0.15, 0.2) is 10.3 Å². The zero-order valence-corrected chi connectivity index (χ0v) is 56.0. The minimum atomic E-state index is -5.08. The predicted octanol–water partition coefficient (Wildman–Crippen LogP) is 8.43. The van der Waals surface area contributed by atoms with Crippen LogP contribution in [0.25, 0.3) is 11.4 Å². The van der Waals surface area contributed by atoms with Crippen molar-refractivity contribution in [3.8, 4) is 11.4 Å². The summed E-state index contributed by atoms with van der Waals surface area (Å²) in [6.45, 7) is 16.2. The minimum Gasteiger partial charge on any atom is -0.475 e. The van der Waals surface area contributed by atoms with E-state index < -0.39 is 156 Å². The summed E-state index contributed by atoms with van der Waals surface area (Å²) in [7, 11) is 2.42. The van der Waals surface area contributed by atoms with Crippen LogP contribution in [-0.4, -0.2) is 149 Å². The van der Waals surface area contributed by atoms with E-state index in [1.807, 2.05) is 0 Å². The Labute approximate surface area is 558 Å². The smallest absolute Gasteiger partial charge is 0.475 e. The van der Waals surface area contributed by atoms with Gasteiger partial charge in [0.1, 0.15) is 46.6 Å². The first-order valence-corrected chi connectivity index (χ1v) is 32.0. The number of esters is 2. The molecule has 6 rings (SSSR count). The van der Waals surface area contributed by atoms with Crippen LogP contribution < -0.4 is 33.3 Å². The fourth-order valence-electron chi connectivity index (χ4n) is 9.22. The molecule has 4 amide bonds. The number of aliphatic imine (C=N–C) groups is 2. The summed E-state index contributed by atoms with van der Waals surface area (Å²) < 4.78 is 151. The van der Waals surface area contributed by atoms with Crippen molar-refractivity contribution in [1.82, 2.24) is 38.9 Å². The van der Waals surface area contributed by atoms with E-state index in [4.69, 9.17) is 47.8 Å². The highest BCUT2D eigenvalue weighted by atomic mass is 35.5. The maximum atomic E-state index is 14.9. The molecule has 532 valence electrons. The molecule has 2 fully saturated rings. The number of aromatic nitrogens is 4. The number of ether oxygens (including phenoxy) is 2. The number of thioether (sulfide) groups is 2. The molecule has 0 bridgehead atoms. The number of carbonyl (C=O) groups is 7. The van der Waals surface area contributed by atoms with Crippen LogP contribution in [0.1, 0.15) is 87.0 Å². The van der Waals surface area contributed by atoms with Gasteiger partial charge >= 0.3 is 47.8 Å². The molecule has 2 aliphatic rings. The quantitative estimate of drug-likeness (QED) is 0.0253. The topological polar surface area (TPSA) is 322 Å². The number of carboxylic acid groups (broad SMARTS) is 1. The van der Waals surface area contributed by atoms with Crippen molar-refractivity contribution in [3.05, 3.63) is 111 Å². The number of hydrogen-bond acceptors (Lipinski definition) is 18. The number of nitrogens with zero attached hydrogens (tertiary/aromatic N) is 8. The molecule has 4 heterocycles. The maximum absolute atomic E-state index is 14.9. The summed E-state index contributed by atoms with van der Waals surface area (Å²) in [5, 5.41) is 15.1. The molecule has 4 aromatic rings. The number of carbonyl (C=O) groups excluding carboxylic acids is 6. The number of rotatable bonds is 17. The summed E-state index contributed by atoms with van der Waals surface area (Å²) in [6.07, 6.45) is -15.9. The number of amides is 4. The number of alkyl halides is 9.